The molecule has 0 saturated carbocycles. The van der Waals surface area contributed by atoms with Gasteiger partial charge in [-0.2, -0.15) is 0 Å². The van der Waals surface area contributed by atoms with Crippen LogP contribution < -0.4 is 19.7 Å². The van der Waals surface area contributed by atoms with Gasteiger partial charge in [0.25, 0.3) is 0 Å². The van der Waals surface area contributed by atoms with Crippen molar-refractivity contribution in [2.75, 3.05) is 50.6 Å². The van der Waals surface area contributed by atoms with Gasteiger partial charge in [-0.25, -0.2) is 4.79 Å². The maximum Gasteiger partial charge on any atom is 0.321 e. The number of piperazine rings is 1. The van der Waals surface area contributed by atoms with Gasteiger partial charge >= 0.3 is 6.03 Å². The molecule has 2 aromatic carbocycles. The number of carbonyl (C=O) groups excluding carboxylic acids is 1. The summed E-state index contributed by atoms with van der Waals surface area (Å²) in [4.78, 5) is 16.6. The van der Waals surface area contributed by atoms with Gasteiger partial charge in [0, 0.05) is 43.5 Å². The van der Waals surface area contributed by atoms with Gasteiger partial charge in [0.2, 0.25) is 0 Å². The second-order valence-electron chi connectivity index (χ2n) is 7.62. The number of benzene rings is 2. The Morgan fingerprint density at radius 1 is 0.875 bits per heavy atom. The van der Waals surface area contributed by atoms with Gasteiger partial charge in [-0.1, -0.05) is 29.8 Å². The molecule has 0 radical (unpaired) electrons. The van der Waals surface area contributed by atoms with E-state index in [-0.39, 0.29) is 6.03 Å². The molecule has 1 aliphatic heterocycles. The largest absolute Gasteiger partial charge is 0.493 e. The summed E-state index contributed by atoms with van der Waals surface area (Å²) < 4.78 is 10.5. The van der Waals surface area contributed by atoms with E-state index in [1.807, 2.05) is 12.1 Å². The van der Waals surface area contributed by atoms with Gasteiger partial charge in [0.15, 0.2) is 17.3 Å². The van der Waals surface area contributed by atoms with E-state index in [1.54, 1.807) is 37.3 Å². The number of ether oxygens (including phenoxy) is 2. The minimum absolute atomic E-state index is 0.141. The van der Waals surface area contributed by atoms with Gasteiger partial charge in [-0.3, -0.25) is 0 Å². The number of hydrogen-bond acceptors (Lipinski definition) is 6. The lowest BCUT2D eigenvalue weighted by molar-refractivity contribution is 0.208. The molecule has 2 heterocycles. The second-order valence-corrected chi connectivity index (χ2v) is 7.62. The highest BCUT2D eigenvalue weighted by molar-refractivity contribution is 5.90. The summed E-state index contributed by atoms with van der Waals surface area (Å²) in [5.74, 6) is 2.01. The normalized spacial score (nSPS) is 13.6. The number of anilines is 2. The van der Waals surface area contributed by atoms with Crippen LogP contribution in [0.4, 0.5) is 16.3 Å². The Balaban J connectivity index is 1.33. The molecule has 1 aromatic heterocycles. The Labute approximate surface area is 187 Å². The molecule has 8 heteroatoms. The molecule has 1 N–H and O–H groups in total. The highest BCUT2D eigenvalue weighted by Gasteiger charge is 2.22. The van der Waals surface area contributed by atoms with Crippen LogP contribution in [-0.4, -0.2) is 61.5 Å². The number of nitrogens with zero attached hydrogens (tertiary/aromatic N) is 4. The van der Waals surface area contributed by atoms with Gasteiger partial charge in [0.1, 0.15) is 0 Å². The fourth-order valence-corrected chi connectivity index (χ4v) is 3.63. The third kappa shape index (κ3) is 4.74. The van der Waals surface area contributed by atoms with Crippen molar-refractivity contribution in [2.45, 2.75) is 6.92 Å². The summed E-state index contributed by atoms with van der Waals surface area (Å²) in [5.41, 5.74) is 3.77. The van der Waals surface area contributed by atoms with Crippen LogP contribution >= 0.6 is 0 Å². The van der Waals surface area contributed by atoms with Crippen molar-refractivity contribution in [1.29, 1.82) is 0 Å². The molecular weight excluding hydrogens is 406 g/mol. The van der Waals surface area contributed by atoms with E-state index in [9.17, 15) is 4.79 Å². The minimum atomic E-state index is -0.141. The number of aryl methyl sites for hydroxylation is 1. The van der Waals surface area contributed by atoms with Crippen LogP contribution in [0.3, 0.4) is 0 Å². The molecule has 8 nitrogen and oxygen atoms in total. The van der Waals surface area contributed by atoms with E-state index in [4.69, 9.17) is 9.47 Å². The molecule has 1 aliphatic rings. The smallest absolute Gasteiger partial charge is 0.321 e. The fourth-order valence-electron chi connectivity index (χ4n) is 3.63. The van der Waals surface area contributed by atoms with Crippen molar-refractivity contribution in [3.05, 3.63) is 60.2 Å². The Hall–Kier alpha value is -3.81. The molecule has 0 spiro atoms. The molecule has 0 unspecified atom stereocenters. The summed E-state index contributed by atoms with van der Waals surface area (Å²) in [6.45, 7) is 4.64. The Kier molecular flexibility index (Phi) is 6.39. The maximum atomic E-state index is 12.7. The highest BCUT2D eigenvalue weighted by atomic mass is 16.5. The number of nitrogens with one attached hydrogen (secondary N) is 1. The van der Waals surface area contributed by atoms with Crippen molar-refractivity contribution in [2.24, 2.45) is 0 Å². The summed E-state index contributed by atoms with van der Waals surface area (Å²) >= 11 is 0. The molecule has 4 rings (SSSR count). The molecule has 0 bridgehead atoms. The van der Waals surface area contributed by atoms with Crippen molar-refractivity contribution in [3.8, 4) is 22.8 Å². The van der Waals surface area contributed by atoms with E-state index in [0.717, 1.165) is 17.1 Å². The number of methoxy groups -OCH3 is 2. The van der Waals surface area contributed by atoms with E-state index in [1.165, 1.54) is 5.56 Å². The number of aromatic nitrogens is 2. The summed E-state index contributed by atoms with van der Waals surface area (Å²) in [5, 5.41) is 11.7. The zero-order valence-corrected chi connectivity index (χ0v) is 18.5. The average Bonchev–Trinajstić information content (AvgIpc) is 2.84. The predicted molar refractivity (Wildman–Crippen MR) is 125 cm³/mol. The third-order valence-electron chi connectivity index (χ3n) is 5.52. The predicted octanol–water partition coefficient (Wildman–Crippen LogP) is 3.82. The van der Waals surface area contributed by atoms with E-state index < -0.39 is 0 Å². The van der Waals surface area contributed by atoms with E-state index in [0.29, 0.717) is 43.4 Å². The van der Waals surface area contributed by atoms with Crippen molar-refractivity contribution in [1.82, 2.24) is 15.1 Å². The average molecular weight is 434 g/mol. The van der Waals surface area contributed by atoms with E-state index >= 15 is 0 Å². The van der Waals surface area contributed by atoms with Crippen molar-refractivity contribution in [3.63, 3.8) is 0 Å². The molecule has 0 aliphatic carbocycles. The van der Waals surface area contributed by atoms with Crippen LogP contribution in [0, 0.1) is 6.92 Å². The third-order valence-corrected chi connectivity index (χ3v) is 5.52. The summed E-state index contributed by atoms with van der Waals surface area (Å²) in [7, 11) is 3.15. The number of amides is 2. The molecule has 3 aromatic rings. The molecule has 2 amide bonds. The van der Waals surface area contributed by atoms with E-state index in [2.05, 4.69) is 51.6 Å². The Morgan fingerprint density at radius 2 is 1.59 bits per heavy atom. The molecular formula is C24H27N5O3. The lowest BCUT2D eigenvalue weighted by Gasteiger charge is -2.35. The quantitative estimate of drug-likeness (QED) is 0.659. The van der Waals surface area contributed by atoms with Crippen LogP contribution in [0.2, 0.25) is 0 Å². The first-order chi connectivity index (χ1) is 15.6. The number of urea groups is 1. The lowest BCUT2D eigenvalue weighted by atomic mass is 10.1. The molecule has 1 fully saturated rings. The fraction of sp³-hybridized carbons (Fsp3) is 0.292. The summed E-state index contributed by atoms with van der Waals surface area (Å²) in [6.07, 6.45) is 0. The van der Waals surface area contributed by atoms with Gasteiger partial charge < -0.3 is 24.6 Å². The molecule has 32 heavy (non-hydrogen) atoms. The van der Waals surface area contributed by atoms with Crippen LogP contribution in [0.25, 0.3) is 11.3 Å². The minimum Gasteiger partial charge on any atom is -0.493 e. The summed E-state index contributed by atoms with van der Waals surface area (Å²) in [6, 6.07) is 17.4. The zero-order chi connectivity index (χ0) is 22.5. The standard InChI is InChI=1S/C24H27N5O3/c1-17-4-6-18(7-5-17)20-9-11-23(27-26-20)28-12-14-29(15-13-28)24(30)25-19-8-10-21(31-2)22(16-19)32-3/h4-11,16H,12-15H2,1-3H3,(H,25,30). The Bertz CT molecular complexity index is 1060. The second kappa shape index (κ2) is 9.55. The lowest BCUT2D eigenvalue weighted by Crippen LogP contribution is -2.50. The molecule has 166 valence electrons. The SMILES string of the molecule is COc1ccc(NC(=O)N2CCN(c3ccc(-c4ccc(C)cc4)nn3)CC2)cc1OC. The first-order valence-electron chi connectivity index (χ1n) is 10.5. The van der Waals surface area contributed by atoms with Gasteiger partial charge in [0.05, 0.1) is 19.9 Å². The maximum absolute atomic E-state index is 12.7. The van der Waals surface area contributed by atoms with Crippen molar-refractivity contribution < 1.29 is 14.3 Å². The monoisotopic (exact) mass is 433 g/mol. The zero-order valence-electron chi connectivity index (χ0n) is 18.5. The molecule has 0 atom stereocenters. The molecule has 1 saturated heterocycles. The first-order valence-corrected chi connectivity index (χ1v) is 10.5. The van der Waals surface area contributed by atoms with Crippen LogP contribution in [-0.2, 0) is 0 Å². The van der Waals surface area contributed by atoms with Crippen LogP contribution in [0.5, 0.6) is 11.5 Å². The first kappa shape index (κ1) is 21.4. The highest BCUT2D eigenvalue weighted by Crippen LogP contribution is 2.30. The van der Waals surface area contributed by atoms with Gasteiger partial charge in [-0.15, -0.1) is 10.2 Å². The Morgan fingerprint density at radius 3 is 2.22 bits per heavy atom. The van der Waals surface area contributed by atoms with Crippen molar-refractivity contribution >= 4 is 17.5 Å². The topological polar surface area (TPSA) is 79.8 Å². The number of hydrogen-bond donors (Lipinski definition) is 1. The number of rotatable bonds is 5. The van der Waals surface area contributed by atoms with Gasteiger partial charge in [-0.05, 0) is 31.2 Å². The van der Waals surface area contributed by atoms with Crippen LogP contribution in [0.1, 0.15) is 5.56 Å². The number of carbonyl (C=O) groups is 1. The van der Waals surface area contributed by atoms with Crippen LogP contribution in [0.15, 0.2) is 54.6 Å².